The molecule has 0 radical (unpaired) electrons. The SMILES string of the molecule is COc1ccc(C(=O)N/C(=C\c2ccco2)C(=O)NCCCc2ccccc2Cl)cc1OC. The summed E-state index contributed by atoms with van der Waals surface area (Å²) in [5.74, 6) is 0.436. The number of amides is 2. The number of hydrogen-bond donors (Lipinski definition) is 2. The van der Waals surface area contributed by atoms with Gasteiger partial charge in [0.2, 0.25) is 0 Å². The van der Waals surface area contributed by atoms with Gasteiger partial charge in [-0.05, 0) is 54.8 Å². The van der Waals surface area contributed by atoms with Crippen LogP contribution >= 0.6 is 11.6 Å². The molecule has 172 valence electrons. The van der Waals surface area contributed by atoms with Crippen molar-refractivity contribution in [2.45, 2.75) is 12.8 Å². The van der Waals surface area contributed by atoms with Gasteiger partial charge in [0.1, 0.15) is 11.5 Å². The Balaban J connectivity index is 1.68. The van der Waals surface area contributed by atoms with Crippen LogP contribution in [0.5, 0.6) is 11.5 Å². The van der Waals surface area contributed by atoms with E-state index in [0.717, 1.165) is 12.0 Å². The molecule has 0 bridgehead atoms. The van der Waals surface area contributed by atoms with Crippen molar-refractivity contribution in [1.82, 2.24) is 10.6 Å². The first kappa shape index (κ1) is 23.9. The Bertz CT molecular complexity index is 1130. The molecule has 3 aromatic rings. The number of halogens is 1. The first-order valence-corrected chi connectivity index (χ1v) is 10.7. The van der Waals surface area contributed by atoms with E-state index in [1.807, 2.05) is 24.3 Å². The molecular formula is C25H25ClN2O5. The zero-order valence-corrected chi connectivity index (χ0v) is 19.1. The van der Waals surface area contributed by atoms with E-state index in [2.05, 4.69) is 10.6 Å². The van der Waals surface area contributed by atoms with E-state index in [0.29, 0.717) is 40.8 Å². The molecule has 0 aliphatic heterocycles. The number of furan rings is 1. The molecule has 0 spiro atoms. The van der Waals surface area contributed by atoms with Gasteiger partial charge in [0.15, 0.2) is 11.5 Å². The largest absolute Gasteiger partial charge is 0.493 e. The van der Waals surface area contributed by atoms with Gasteiger partial charge < -0.3 is 24.5 Å². The Morgan fingerprint density at radius 3 is 2.52 bits per heavy atom. The normalized spacial score (nSPS) is 11.1. The highest BCUT2D eigenvalue weighted by Crippen LogP contribution is 2.27. The van der Waals surface area contributed by atoms with Gasteiger partial charge in [-0.1, -0.05) is 29.8 Å². The van der Waals surface area contributed by atoms with Gasteiger partial charge in [-0.2, -0.15) is 0 Å². The zero-order chi connectivity index (χ0) is 23.6. The van der Waals surface area contributed by atoms with Crippen molar-refractivity contribution in [3.05, 3.63) is 88.5 Å². The highest BCUT2D eigenvalue weighted by Gasteiger charge is 2.17. The first-order valence-electron chi connectivity index (χ1n) is 10.3. The second-order valence-electron chi connectivity index (χ2n) is 7.05. The fraction of sp³-hybridized carbons (Fsp3) is 0.200. The molecule has 33 heavy (non-hydrogen) atoms. The molecule has 1 aromatic heterocycles. The van der Waals surface area contributed by atoms with E-state index >= 15 is 0 Å². The van der Waals surface area contributed by atoms with E-state index < -0.39 is 11.8 Å². The van der Waals surface area contributed by atoms with Crippen LogP contribution in [-0.4, -0.2) is 32.6 Å². The van der Waals surface area contributed by atoms with Crippen molar-refractivity contribution >= 4 is 29.5 Å². The number of rotatable bonds is 10. The van der Waals surface area contributed by atoms with Crippen molar-refractivity contribution in [2.75, 3.05) is 20.8 Å². The second-order valence-corrected chi connectivity index (χ2v) is 7.46. The summed E-state index contributed by atoms with van der Waals surface area (Å²) in [6.45, 7) is 0.409. The van der Waals surface area contributed by atoms with Gasteiger partial charge in [0, 0.05) is 23.2 Å². The zero-order valence-electron chi connectivity index (χ0n) is 18.4. The highest BCUT2D eigenvalue weighted by molar-refractivity contribution is 6.31. The van der Waals surface area contributed by atoms with Gasteiger partial charge in [-0.25, -0.2) is 0 Å². The topological polar surface area (TPSA) is 89.8 Å². The third-order valence-electron chi connectivity index (χ3n) is 4.83. The predicted octanol–water partition coefficient (Wildman–Crippen LogP) is 4.47. The molecule has 2 N–H and O–H groups in total. The third kappa shape index (κ3) is 6.63. The van der Waals surface area contributed by atoms with E-state index in [-0.39, 0.29) is 5.70 Å². The number of hydrogen-bond acceptors (Lipinski definition) is 5. The molecule has 0 saturated carbocycles. The fourth-order valence-electron chi connectivity index (χ4n) is 3.12. The number of nitrogens with one attached hydrogen (secondary N) is 2. The highest BCUT2D eigenvalue weighted by atomic mass is 35.5. The second kappa shape index (κ2) is 11.8. The van der Waals surface area contributed by atoms with Crippen molar-refractivity contribution in [3.63, 3.8) is 0 Å². The summed E-state index contributed by atoms with van der Waals surface area (Å²) in [7, 11) is 3.00. The first-order chi connectivity index (χ1) is 16.0. The van der Waals surface area contributed by atoms with Crippen molar-refractivity contribution in [3.8, 4) is 11.5 Å². The molecule has 0 aliphatic carbocycles. The minimum atomic E-state index is -0.472. The Labute approximate surface area is 197 Å². The Hall–Kier alpha value is -3.71. The van der Waals surface area contributed by atoms with Crippen molar-refractivity contribution in [2.24, 2.45) is 0 Å². The molecule has 0 saturated heterocycles. The monoisotopic (exact) mass is 468 g/mol. The molecule has 1 heterocycles. The maximum absolute atomic E-state index is 12.8. The van der Waals surface area contributed by atoms with Gasteiger partial charge >= 0.3 is 0 Å². The van der Waals surface area contributed by atoms with Crippen LogP contribution in [0.4, 0.5) is 0 Å². The van der Waals surface area contributed by atoms with Gasteiger partial charge in [0.25, 0.3) is 11.8 Å². The summed E-state index contributed by atoms with van der Waals surface area (Å²) >= 11 is 6.18. The van der Waals surface area contributed by atoms with E-state index in [1.165, 1.54) is 26.6 Å². The van der Waals surface area contributed by atoms with E-state index in [9.17, 15) is 9.59 Å². The number of carbonyl (C=O) groups is 2. The Morgan fingerprint density at radius 2 is 1.82 bits per heavy atom. The van der Waals surface area contributed by atoms with Crippen LogP contribution in [0.2, 0.25) is 5.02 Å². The van der Waals surface area contributed by atoms with E-state index in [4.69, 9.17) is 25.5 Å². The molecule has 0 aliphatic rings. The van der Waals surface area contributed by atoms with E-state index in [1.54, 1.807) is 30.3 Å². The number of carbonyl (C=O) groups excluding carboxylic acids is 2. The Kier molecular flexibility index (Phi) is 8.55. The standard InChI is InChI=1S/C25H25ClN2O5/c1-31-22-12-11-18(15-23(22)32-2)24(29)28-21(16-19-9-6-14-33-19)25(30)27-13-5-8-17-7-3-4-10-20(17)26/h3-4,6-7,9-12,14-16H,5,8,13H2,1-2H3,(H,27,30)(H,28,29)/b21-16-. The minimum Gasteiger partial charge on any atom is -0.493 e. The lowest BCUT2D eigenvalue weighted by molar-refractivity contribution is -0.117. The van der Waals surface area contributed by atoms with Crippen LogP contribution in [0.15, 0.2) is 71.0 Å². The third-order valence-corrected chi connectivity index (χ3v) is 5.20. The molecule has 8 heteroatoms. The number of ether oxygens (including phenoxy) is 2. The van der Waals surface area contributed by atoms with Crippen LogP contribution in [0.3, 0.4) is 0 Å². The summed E-state index contributed by atoms with van der Waals surface area (Å²) in [6, 6.07) is 15.7. The van der Waals surface area contributed by atoms with Crippen LogP contribution in [0, 0.1) is 0 Å². The van der Waals surface area contributed by atoms with Gasteiger partial charge in [0.05, 0.1) is 20.5 Å². The maximum atomic E-state index is 12.8. The summed E-state index contributed by atoms with van der Waals surface area (Å²) in [6.07, 6.45) is 4.37. The molecule has 3 rings (SSSR count). The average molecular weight is 469 g/mol. The summed E-state index contributed by atoms with van der Waals surface area (Å²) in [5, 5.41) is 6.19. The lowest BCUT2D eigenvalue weighted by atomic mass is 10.1. The van der Waals surface area contributed by atoms with Crippen LogP contribution in [0.25, 0.3) is 6.08 Å². The van der Waals surface area contributed by atoms with Crippen molar-refractivity contribution < 1.29 is 23.5 Å². The lowest BCUT2D eigenvalue weighted by Gasteiger charge is -2.12. The van der Waals surface area contributed by atoms with Gasteiger partial charge in [-0.15, -0.1) is 0 Å². The van der Waals surface area contributed by atoms with Crippen LogP contribution in [-0.2, 0) is 11.2 Å². The Morgan fingerprint density at radius 1 is 1.03 bits per heavy atom. The minimum absolute atomic E-state index is 0.0579. The predicted molar refractivity (Wildman–Crippen MR) is 126 cm³/mol. The summed E-state index contributed by atoms with van der Waals surface area (Å²) in [4.78, 5) is 25.7. The quantitative estimate of drug-likeness (QED) is 0.338. The number of benzene rings is 2. The maximum Gasteiger partial charge on any atom is 0.267 e. The van der Waals surface area contributed by atoms with Crippen molar-refractivity contribution in [1.29, 1.82) is 0 Å². The fourth-order valence-corrected chi connectivity index (χ4v) is 3.35. The molecule has 0 atom stereocenters. The smallest absolute Gasteiger partial charge is 0.267 e. The number of aryl methyl sites for hydroxylation is 1. The molecule has 0 fully saturated rings. The average Bonchev–Trinajstić information content (AvgIpc) is 3.35. The lowest BCUT2D eigenvalue weighted by Crippen LogP contribution is -2.35. The van der Waals surface area contributed by atoms with Gasteiger partial charge in [-0.3, -0.25) is 9.59 Å². The van der Waals surface area contributed by atoms with Crippen LogP contribution < -0.4 is 20.1 Å². The number of methoxy groups -OCH3 is 2. The summed E-state index contributed by atoms with van der Waals surface area (Å²) in [5.41, 5.74) is 1.38. The summed E-state index contributed by atoms with van der Waals surface area (Å²) < 4.78 is 15.8. The molecule has 0 unspecified atom stereocenters. The molecule has 2 amide bonds. The van der Waals surface area contributed by atoms with Crippen LogP contribution in [0.1, 0.15) is 28.1 Å². The molecule has 2 aromatic carbocycles. The molecular weight excluding hydrogens is 444 g/mol. The molecule has 7 nitrogen and oxygen atoms in total.